The molecule has 0 unspecified atom stereocenters. The lowest BCUT2D eigenvalue weighted by Gasteiger charge is -2.17. The van der Waals surface area contributed by atoms with Gasteiger partial charge in [0.15, 0.2) is 0 Å². The van der Waals surface area contributed by atoms with Crippen molar-refractivity contribution in [3.8, 4) is 0 Å². The first kappa shape index (κ1) is 23.8. The molecule has 0 fully saturated rings. The third kappa shape index (κ3) is 7.32. The first-order valence-electron chi connectivity index (χ1n) is 11.6. The molecule has 0 spiro atoms. The van der Waals surface area contributed by atoms with E-state index in [0.717, 1.165) is 25.8 Å². The van der Waals surface area contributed by atoms with Gasteiger partial charge in [-0.2, -0.15) is 0 Å². The minimum absolute atomic E-state index is 0.0757. The molecular weight excluding hydrogens is 442 g/mol. The predicted molar refractivity (Wildman–Crippen MR) is 136 cm³/mol. The highest BCUT2D eigenvalue weighted by Gasteiger charge is 2.17. The van der Waals surface area contributed by atoms with Gasteiger partial charge in [0.05, 0.1) is 17.2 Å². The van der Waals surface area contributed by atoms with Gasteiger partial charge in [-0.3, -0.25) is 9.48 Å². The van der Waals surface area contributed by atoms with Crippen molar-refractivity contribution in [3.05, 3.63) is 120 Å². The van der Waals surface area contributed by atoms with Crippen LogP contribution in [0, 0.1) is 0 Å². The Labute approximate surface area is 205 Å². The molecule has 0 saturated heterocycles. The van der Waals surface area contributed by atoms with Crippen LogP contribution < -0.4 is 0 Å². The summed E-state index contributed by atoms with van der Waals surface area (Å²) in [5.74, 6) is 0.0153. The Morgan fingerprint density at radius 1 is 0.853 bits per heavy atom. The number of ether oxygens (including phenoxy) is 1. The average molecular weight is 472 g/mol. The van der Waals surface area contributed by atoms with Crippen LogP contribution in [0.1, 0.15) is 40.5 Å². The molecule has 4 rings (SSSR count). The van der Waals surface area contributed by atoms with Crippen molar-refractivity contribution in [1.29, 1.82) is 0 Å². The van der Waals surface area contributed by atoms with Gasteiger partial charge >= 0.3 is 5.97 Å². The number of carbonyl (C=O) groups excluding carboxylic acids is 1. The minimum Gasteiger partial charge on any atom is -0.458 e. The van der Waals surface area contributed by atoms with E-state index in [9.17, 15) is 4.79 Å². The number of unbranched alkanes of at least 4 members (excludes halogenated alkanes) is 1. The van der Waals surface area contributed by atoms with Crippen LogP contribution in [-0.2, 0) is 29.1 Å². The summed E-state index contributed by atoms with van der Waals surface area (Å²) in [4.78, 5) is 12.4. The summed E-state index contributed by atoms with van der Waals surface area (Å²) < 4.78 is 7.29. The van der Waals surface area contributed by atoms with Gasteiger partial charge in [-0.05, 0) is 36.0 Å². The first-order valence-corrected chi connectivity index (χ1v) is 12.6. The van der Waals surface area contributed by atoms with Gasteiger partial charge in [0.1, 0.15) is 12.3 Å². The van der Waals surface area contributed by atoms with E-state index in [1.807, 2.05) is 53.3 Å². The molecule has 6 heteroatoms. The monoisotopic (exact) mass is 471 g/mol. The van der Waals surface area contributed by atoms with Crippen LogP contribution in [-0.4, -0.2) is 26.7 Å². The molecule has 4 aromatic rings. The molecule has 0 aliphatic carbocycles. The maximum atomic E-state index is 12.4. The molecule has 0 N–H and O–H groups in total. The highest BCUT2D eigenvalue weighted by Crippen LogP contribution is 2.35. The average Bonchev–Trinajstić information content (AvgIpc) is 3.35. The molecule has 0 saturated carbocycles. The van der Waals surface area contributed by atoms with Crippen LogP contribution in [0.2, 0.25) is 0 Å². The van der Waals surface area contributed by atoms with E-state index in [4.69, 9.17) is 4.74 Å². The van der Waals surface area contributed by atoms with E-state index in [1.165, 1.54) is 16.7 Å². The van der Waals surface area contributed by atoms with Crippen LogP contribution in [0.15, 0.2) is 97.2 Å². The van der Waals surface area contributed by atoms with Gasteiger partial charge in [0.2, 0.25) is 0 Å². The summed E-state index contributed by atoms with van der Waals surface area (Å²) in [6, 6.07) is 31.0. The topological polar surface area (TPSA) is 57.0 Å². The van der Waals surface area contributed by atoms with Crippen molar-refractivity contribution in [2.45, 2.75) is 37.7 Å². The summed E-state index contributed by atoms with van der Waals surface area (Å²) in [7, 11) is 0. The number of aryl methyl sites for hydroxylation is 2. The lowest BCUT2D eigenvalue weighted by atomic mass is 10.0. The molecule has 0 radical (unpaired) electrons. The molecule has 1 heterocycles. The van der Waals surface area contributed by atoms with Crippen molar-refractivity contribution in [1.82, 2.24) is 15.0 Å². The standard InChI is InChI=1S/C28H29N3O2S/c32-27(22-34-28(24-15-6-2-7-16-24)25-17-8-3-9-18-25)33-21-26-20-31(30-29-26)19-11-10-14-23-12-4-1-5-13-23/h1-9,12-13,15-18,20,28H,10-11,14,19,21-22H2. The van der Waals surface area contributed by atoms with Gasteiger partial charge in [-0.25, -0.2) is 0 Å². The number of benzene rings is 3. The Kier molecular flexibility index (Phi) is 8.91. The van der Waals surface area contributed by atoms with E-state index < -0.39 is 0 Å². The molecule has 0 aliphatic rings. The second-order valence-corrected chi connectivity index (χ2v) is 9.18. The lowest BCUT2D eigenvalue weighted by molar-refractivity contribution is -0.141. The van der Waals surface area contributed by atoms with Crippen LogP contribution in [0.4, 0.5) is 0 Å². The van der Waals surface area contributed by atoms with Crippen molar-refractivity contribution >= 4 is 17.7 Å². The molecule has 174 valence electrons. The van der Waals surface area contributed by atoms with Gasteiger partial charge in [-0.15, -0.1) is 16.9 Å². The summed E-state index contributed by atoms with van der Waals surface area (Å²) in [6.45, 7) is 0.949. The van der Waals surface area contributed by atoms with E-state index in [2.05, 4.69) is 58.8 Å². The quantitative estimate of drug-likeness (QED) is 0.191. The number of carbonyl (C=O) groups is 1. The van der Waals surface area contributed by atoms with Gasteiger partial charge in [0.25, 0.3) is 0 Å². The molecular formula is C28H29N3O2S. The zero-order chi connectivity index (χ0) is 23.4. The predicted octanol–water partition coefficient (Wildman–Crippen LogP) is 5.87. The number of hydrogen-bond donors (Lipinski definition) is 0. The molecule has 5 nitrogen and oxygen atoms in total. The maximum Gasteiger partial charge on any atom is 0.316 e. The fourth-order valence-corrected chi connectivity index (χ4v) is 4.83. The first-order chi connectivity index (χ1) is 16.8. The summed E-state index contributed by atoms with van der Waals surface area (Å²) in [5, 5.41) is 8.38. The van der Waals surface area contributed by atoms with Crippen LogP contribution in [0.3, 0.4) is 0 Å². The zero-order valence-electron chi connectivity index (χ0n) is 19.1. The smallest absolute Gasteiger partial charge is 0.316 e. The van der Waals surface area contributed by atoms with Crippen LogP contribution in [0.5, 0.6) is 0 Å². The van der Waals surface area contributed by atoms with Gasteiger partial charge in [-0.1, -0.05) is 96.2 Å². The minimum atomic E-state index is -0.251. The van der Waals surface area contributed by atoms with E-state index in [1.54, 1.807) is 11.8 Å². The lowest BCUT2D eigenvalue weighted by Crippen LogP contribution is -2.09. The van der Waals surface area contributed by atoms with Crippen LogP contribution in [0.25, 0.3) is 0 Å². The molecule has 0 aliphatic heterocycles. The second kappa shape index (κ2) is 12.8. The number of nitrogens with zero attached hydrogens (tertiary/aromatic N) is 3. The number of hydrogen-bond acceptors (Lipinski definition) is 5. The van der Waals surface area contributed by atoms with Crippen molar-refractivity contribution < 1.29 is 9.53 Å². The molecule has 0 atom stereocenters. The Morgan fingerprint density at radius 3 is 2.12 bits per heavy atom. The maximum absolute atomic E-state index is 12.4. The van der Waals surface area contributed by atoms with Crippen molar-refractivity contribution in [3.63, 3.8) is 0 Å². The molecule has 0 bridgehead atoms. The SMILES string of the molecule is O=C(CSC(c1ccccc1)c1ccccc1)OCc1cn(CCCCc2ccccc2)nn1. The van der Waals surface area contributed by atoms with E-state index in [-0.39, 0.29) is 23.6 Å². The number of aromatic nitrogens is 3. The molecule has 34 heavy (non-hydrogen) atoms. The van der Waals surface area contributed by atoms with Crippen molar-refractivity contribution in [2.24, 2.45) is 0 Å². The number of thioether (sulfide) groups is 1. The van der Waals surface area contributed by atoms with Gasteiger partial charge in [0, 0.05) is 6.54 Å². The fourth-order valence-electron chi connectivity index (χ4n) is 3.75. The number of rotatable bonds is 12. The highest BCUT2D eigenvalue weighted by molar-refractivity contribution is 8.00. The molecule has 1 aromatic heterocycles. The van der Waals surface area contributed by atoms with Gasteiger partial charge < -0.3 is 4.74 Å². The second-order valence-electron chi connectivity index (χ2n) is 8.09. The zero-order valence-corrected chi connectivity index (χ0v) is 19.9. The number of esters is 1. The van der Waals surface area contributed by atoms with E-state index >= 15 is 0 Å². The third-order valence-electron chi connectivity index (χ3n) is 5.49. The highest BCUT2D eigenvalue weighted by atomic mass is 32.2. The van der Waals surface area contributed by atoms with Crippen molar-refractivity contribution in [2.75, 3.05) is 5.75 Å². The Balaban J connectivity index is 1.21. The van der Waals surface area contributed by atoms with Crippen LogP contribution >= 0.6 is 11.8 Å². The summed E-state index contributed by atoms with van der Waals surface area (Å²) in [5.41, 5.74) is 4.36. The Morgan fingerprint density at radius 2 is 1.47 bits per heavy atom. The Hall–Kier alpha value is -3.38. The largest absolute Gasteiger partial charge is 0.458 e. The summed E-state index contributed by atoms with van der Waals surface area (Å²) in [6.07, 6.45) is 5.04. The summed E-state index contributed by atoms with van der Waals surface area (Å²) >= 11 is 1.57. The molecule has 0 amide bonds. The van der Waals surface area contributed by atoms with E-state index in [0.29, 0.717) is 5.69 Å². The normalized spacial score (nSPS) is 11.0. The fraction of sp³-hybridized carbons (Fsp3) is 0.250. The Bertz CT molecular complexity index is 1090. The third-order valence-corrected chi connectivity index (χ3v) is 6.77. The molecule has 3 aromatic carbocycles.